The SMILES string of the molecule is CCC(C(=O)O)C(SC[C@H](NC(=O)CC[C@H](N)C(=O)O)C(=O)NCC(=O)O)C(=O)O. The van der Waals surface area contributed by atoms with E-state index in [1.54, 1.807) is 0 Å². The van der Waals surface area contributed by atoms with Crippen LogP contribution in [0.3, 0.4) is 0 Å². The summed E-state index contributed by atoms with van der Waals surface area (Å²) < 4.78 is 0. The predicted molar refractivity (Wildman–Crippen MR) is 103 cm³/mol. The van der Waals surface area contributed by atoms with Gasteiger partial charge in [0, 0.05) is 12.2 Å². The van der Waals surface area contributed by atoms with Gasteiger partial charge in [0.25, 0.3) is 0 Å². The van der Waals surface area contributed by atoms with Crippen LogP contribution in [0.1, 0.15) is 26.2 Å². The molecular weight excluding hydrogens is 426 g/mol. The molecule has 0 rings (SSSR count). The highest BCUT2D eigenvalue weighted by Gasteiger charge is 2.34. The number of carboxylic acid groups (broad SMARTS) is 4. The van der Waals surface area contributed by atoms with Crippen molar-refractivity contribution in [2.24, 2.45) is 11.7 Å². The number of nitrogens with one attached hydrogen (secondary N) is 2. The molecule has 13 nitrogen and oxygen atoms in total. The zero-order chi connectivity index (χ0) is 23.4. The van der Waals surface area contributed by atoms with Crippen LogP contribution in [0.25, 0.3) is 0 Å². The lowest BCUT2D eigenvalue weighted by atomic mass is 10.0. The average Bonchev–Trinajstić information content (AvgIpc) is 2.65. The number of carboxylic acids is 4. The first-order chi connectivity index (χ1) is 13.9. The highest BCUT2D eigenvalue weighted by atomic mass is 32.2. The summed E-state index contributed by atoms with van der Waals surface area (Å²) in [6.45, 7) is 0.731. The molecule has 0 aromatic heterocycles. The minimum Gasteiger partial charge on any atom is -0.481 e. The third-order valence-corrected chi connectivity index (χ3v) is 5.29. The van der Waals surface area contributed by atoms with Crippen molar-refractivity contribution in [2.75, 3.05) is 12.3 Å². The Labute approximate surface area is 175 Å². The molecule has 0 aliphatic carbocycles. The lowest BCUT2D eigenvalue weighted by Crippen LogP contribution is -2.50. The van der Waals surface area contributed by atoms with Crippen LogP contribution in [-0.2, 0) is 28.8 Å². The molecule has 0 spiro atoms. The van der Waals surface area contributed by atoms with E-state index in [0.29, 0.717) is 11.8 Å². The van der Waals surface area contributed by atoms with Crippen LogP contribution in [0.2, 0.25) is 0 Å². The third kappa shape index (κ3) is 10.1. The minimum absolute atomic E-state index is 0.00854. The van der Waals surface area contributed by atoms with E-state index in [1.807, 2.05) is 5.32 Å². The van der Waals surface area contributed by atoms with Crippen LogP contribution in [0.4, 0.5) is 0 Å². The van der Waals surface area contributed by atoms with Crippen molar-refractivity contribution in [3.63, 3.8) is 0 Å². The second kappa shape index (κ2) is 13.4. The van der Waals surface area contributed by atoms with Crippen LogP contribution in [0.15, 0.2) is 0 Å². The van der Waals surface area contributed by atoms with Crippen molar-refractivity contribution in [2.45, 2.75) is 43.5 Å². The van der Waals surface area contributed by atoms with E-state index < -0.39 is 65.5 Å². The number of hydrogen-bond acceptors (Lipinski definition) is 8. The van der Waals surface area contributed by atoms with Gasteiger partial charge in [-0.15, -0.1) is 11.8 Å². The number of amides is 2. The monoisotopic (exact) mass is 451 g/mol. The lowest BCUT2D eigenvalue weighted by Gasteiger charge is -2.22. The quantitative estimate of drug-likeness (QED) is 0.145. The summed E-state index contributed by atoms with van der Waals surface area (Å²) in [5.41, 5.74) is 5.30. The summed E-state index contributed by atoms with van der Waals surface area (Å²) in [5, 5.41) is 38.8. The summed E-state index contributed by atoms with van der Waals surface area (Å²) in [7, 11) is 0. The molecule has 14 heteroatoms. The number of aliphatic carboxylic acids is 4. The fourth-order valence-corrected chi connectivity index (χ4v) is 3.54. The second-order valence-electron chi connectivity index (χ2n) is 6.16. The molecule has 0 aromatic carbocycles. The zero-order valence-corrected chi connectivity index (χ0v) is 16.9. The Morgan fingerprint density at radius 2 is 1.57 bits per heavy atom. The fraction of sp³-hybridized carbons (Fsp3) is 0.625. The summed E-state index contributed by atoms with van der Waals surface area (Å²) in [5.74, 6) is -8.73. The fourth-order valence-electron chi connectivity index (χ4n) is 2.22. The van der Waals surface area contributed by atoms with E-state index in [0.717, 1.165) is 0 Å². The van der Waals surface area contributed by atoms with Gasteiger partial charge in [-0.1, -0.05) is 6.92 Å². The number of thioether (sulfide) groups is 1. The van der Waals surface area contributed by atoms with Crippen molar-refractivity contribution < 1.29 is 49.2 Å². The molecule has 0 saturated heterocycles. The number of hydrogen-bond donors (Lipinski definition) is 7. The predicted octanol–water partition coefficient (Wildman–Crippen LogP) is -1.84. The van der Waals surface area contributed by atoms with Gasteiger partial charge in [0.2, 0.25) is 11.8 Å². The van der Waals surface area contributed by atoms with E-state index in [9.17, 15) is 39.0 Å². The number of nitrogens with two attached hydrogens (primary N) is 1. The molecule has 2 unspecified atom stereocenters. The first kappa shape index (κ1) is 27.1. The molecule has 4 atom stereocenters. The van der Waals surface area contributed by atoms with Crippen molar-refractivity contribution in [3.8, 4) is 0 Å². The van der Waals surface area contributed by atoms with Crippen molar-refractivity contribution in [1.29, 1.82) is 0 Å². The van der Waals surface area contributed by atoms with Gasteiger partial charge in [-0.2, -0.15) is 0 Å². The summed E-state index contributed by atoms with van der Waals surface area (Å²) in [4.78, 5) is 68.3. The Morgan fingerprint density at radius 1 is 0.967 bits per heavy atom. The van der Waals surface area contributed by atoms with Crippen LogP contribution >= 0.6 is 11.8 Å². The van der Waals surface area contributed by atoms with E-state index in [4.69, 9.17) is 15.9 Å². The topological polar surface area (TPSA) is 233 Å². The molecule has 8 N–H and O–H groups in total. The van der Waals surface area contributed by atoms with Gasteiger partial charge >= 0.3 is 23.9 Å². The maximum Gasteiger partial charge on any atom is 0.322 e. The van der Waals surface area contributed by atoms with E-state index in [2.05, 4.69) is 5.32 Å². The van der Waals surface area contributed by atoms with Gasteiger partial charge in [0.1, 0.15) is 23.9 Å². The zero-order valence-electron chi connectivity index (χ0n) is 16.1. The van der Waals surface area contributed by atoms with Crippen LogP contribution in [0, 0.1) is 5.92 Å². The summed E-state index contributed by atoms with van der Waals surface area (Å²) in [6, 6.07) is -2.68. The normalized spacial score (nSPS) is 14.6. The van der Waals surface area contributed by atoms with Gasteiger partial charge in [-0.05, 0) is 12.8 Å². The summed E-state index contributed by atoms with van der Waals surface area (Å²) in [6.07, 6.45) is -0.572. The van der Waals surface area contributed by atoms with E-state index >= 15 is 0 Å². The van der Waals surface area contributed by atoms with Crippen LogP contribution in [-0.4, -0.2) is 85.7 Å². The Bertz CT molecular complexity index is 672. The maximum absolute atomic E-state index is 12.2. The van der Waals surface area contributed by atoms with Crippen LogP contribution < -0.4 is 16.4 Å². The minimum atomic E-state index is -1.42. The van der Waals surface area contributed by atoms with Crippen molar-refractivity contribution >= 4 is 47.5 Å². The molecule has 2 amide bonds. The Hall–Kier alpha value is -2.87. The molecule has 0 heterocycles. The molecule has 30 heavy (non-hydrogen) atoms. The molecule has 0 aliphatic rings. The molecule has 170 valence electrons. The van der Waals surface area contributed by atoms with E-state index in [-0.39, 0.29) is 25.0 Å². The van der Waals surface area contributed by atoms with Gasteiger partial charge < -0.3 is 36.8 Å². The van der Waals surface area contributed by atoms with Gasteiger partial charge in [-0.3, -0.25) is 28.8 Å². The Morgan fingerprint density at radius 3 is 2.00 bits per heavy atom. The number of carbonyl (C=O) groups is 6. The summed E-state index contributed by atoms with van der Waals surface area (Å²) >= 11 is 0.610. The highest BCUT2D eigenvalue weighted by Crippen LogP contribution is 2.24. The number of carbonyl (C=O) groups excluding carboxylic acids is 2. The Balaban J connectivity index is 5.23. The average molecular weight is 451 g/mol. The second-order valence-corrected chi connectivity index (χ2v) is 7.33. The molecule has 0 bridgehead atoms. The van der Waals surface area contributed by atoms with Crippen molar-refractivity contribution in [3.05, 3.63) is 0 Å². The van der Waals surface area contributed by atoms with Crippen molar-refractivity contribution in [1.82, 2.24) is 10.6 Å². The van der Waals surface area contributed by atoms with Crippen LogP contribution in [0.5, 0.6) is 0 Å². The smallest absolute Gasteiger partial charge is 0.322 e. The molecule has 0 aliphatic heterocycles. The van der Waals surface area contributed by atoms with E-state index in [1.165, 1.54) is 6.92 Å². The molecule has 0 fully saturated rings. The first-order valence-electron chi connectivity index (χ1n) is 8.75. The van der Waals surface area contributed by atoms with Gasteiger partial charge in [0.05, 0.1) is 5.92 Å². The largest absolute Gasteiger partial charge is 0.481 e. The van der Waals surface area contributed by atoms with Gasteiger partial charge in [-0.25, -0.2) is 0 Å². The Kier molecular flexibility index (Phi) is 12.1. The van der Waals surface area contributed by atoms with Gasteiger partial charge in [0.15, 0.2) is 0 Å². The molecule has 0 radical (unpaired) electrons. The highest BCUT2D eigenvalue weighted by molar-refractivity contribution is 8.00. The third-order valence-electron chi connectivity index (χ3n) is 3.87. The molecule has 0 aromatic rings. The molecule has 0 saturated carbocycles. The number of rotatable bonds is 15. The lowest BCUT2D eigenvalue weighted by molar-refractivity contribution is -0.147. The standard InChI is InChI=1S/C16H25N3O10S/c1-2-7(14(24)25)12(16(28)29)30-6-9(13(23)18-5-11(21)22)19-10(20)4-3-8(17)15(26)27/h7-9,12H,2-6,17H2,1H3,(H,18,23)(H,19,20)(H,21,22)(H,24,25)(H,26,27)(H,28,29)/t7?,8-,9-,12?/m0/s1. The maximum atomic E-state index is 12.2. The molecular formula is C16H25N3O10S. The first-order valence-corrected chi connectivity index (χ1v) is 9.79.